The van der Waals surface area contributed by atoms with Crippen molar-refractivity contribution in [1.82, 2.24) is 4.90 Å². The summed E-state index contributed by atoms with van der Waals surface area (Å²) in [5.41, 5.74) is -0.411. The molecule has 0 aromatic heterocycles. The van der Waals surface area contributed by atoms with Gasteiger partial charge in [0.05, 0.1) is 11.7 Å². The number of carbonyl (C=O) groups is 1. The number of carbonyl (C=O) groups excluding carboxylic acids is 1. The third kappa shape index (κ3) is 2.72. The number of methoxy groups -OCH3 is 1. The van der Waals surface area contributed by atoms with E-state index in [0.29, 0.717) is 5.56 Å². The molecule has 22 heavy (non-hydrogen) atoms. The number of ether oxygens (including phenoxy) is 1. The molecule has 2 saturated heterocycles. The molecular weight excluding hydrogens is 295 g/mol. The average Bonchev–Trinajstić information content (AvgIpc) is 2.75. The molecule has 1 aromatic carbocycles. The van der Waals surface area contributed by atoms with E-state index < -0.39 is 11.7 Å². The Labute approximate surface area is 127 Å². The number of hydrogen-bond acceptors (Lipinski definition) is 2. The molecule has 0 N–H and O–H groups in total. The third-order valence-electron chi connectivity index (χ3n) is 4.72. The summed E-state index contributed by atoms with van der Waals surface area (Å²) in [6.45, 7) is 0. The van der Waals surface area contributed by atoms with Crippen LogP contribution in [0.2, 0.25) is 0 Å². The average molecular weight is 313 g/mol. The lowest BCUT2D eigenvalue weighted by molar-refractivity contribution is -0.137. The van der Waals surface area contributed by atoms with Crippen molar-refractivity contribution >= 4 is 5.91 Å². The van der Waals surface area contributed by atoms with Crippen LogP contribution in [-0.2, 0) is 10.9 Å². The minimum absolute atomic E-state index is 0.137. The predicted octanol–water partition coefficient (Wildman–Crippen LogP) is 3.49. The molecule has 2 atom stereocenters. The van der Waals surface area contributed by atoms with Gasteiger partial charge < -0.3 is 9.64 Å². The number of alkyl halides is 3. The molecule has 1 amide bonds. The topological polar surface area (TPSA) is 29.5 Å². The molecule has 0 spiro atoms. The first-order valence-corrected chi connectivity index (χ1v) is 7.43. The molecule has 2 fully saturated rings. The molecule has 2 bridgehead atoms. The molecule has 0 saturated carbocycles. The smallest absolute Gasteiger partial charge is 0.381 e. The summed E-state index contributed by atoms with van der Waals surface area (Å²) in [7, 11) is 1.68. The first-order chi connectivity index (χ1) is 10.4. The Morgan fingerprint density at radius 3 is 2.14 bits per heavy atom. The summed E-state index contributed by atoms with van der Waals surface area (Å²) < 4.78 is 43.1. The number of piperidine rings is 1. The minimum atomic E-state index is -4.38. The van der Waals surface area contributed by atoms with Gasteiger partial charge >= 0.3 is 6.18 Å². The van der Waals surface area contributed by atoms with Crippen molar-refractivity contribution in [3.8, 4) is 0 Å². The molecule has 0 radical (unpaired) electrons. The molecule has 0 aliphatic carbocycles. The summed E-state index contributed by atoms with van der Waals surface area (Å²) in [5.74, 6) is -0.171. The highest BCUT2D eigenvalue weighted by molar-refractivity contribution is 5.95. The number of benzene rings is 1. The molecule has 3 rings (SSSR count). The van der Waals surface area contributed by atoms with E-state index in [9.17, 15) is 18.0 Å². The second kappa shape index (κ2) is 5.57. The van der Waals surface area contributed by atoms with Crippen molar-refractivity contribution in [3.05, 3.63) is 35.4 Å². The number of halogens is 3. The fourth-order valence-electron chi connectivity index (χ4n) is 3.60. The Kier molecular flexibility index (Phi) is 3.89. The summed E-state index contributed by atoms with van der Waals surface area (Å²) in [6, 6.07) is 4.76. The molecule has 1 aromatic rings. The van der Waals surface area contributed by atoms with E-state index in [1.165, 1.54) is 12.1 Å². The quantitative estimate of drug-likeness (QED) is 0.836. The zero-order valence-electron chi connectivity index (χ0n) is 12.3. The van der Waals surface area contributed by atoms with E-state index in [4.69, 9.17) is 4.74 Å². The fraction of sp³-hybridized carbons (Fsp3) is 0.562. The Morgan fingerprint density at radius 1 is 1.14 bits per heavy atom. The number of nitrogens with zero attached hydrogens (tertiary/aromatic N) is 1. The molecule has 2 heterocycles. The minimum Gasteiger partial charge on any atom is -0.381 e. The lowest BCUT2D eigenvalue weighted by Crippen LogP contribution is -2.48. The Morgan fingerprint density at radius 2 is 1.68 bits per heavy atom. The van der Waals surface area contributed by atoms with Gasteiger partial charge in [-0.3, -0.25) is 4.79 Å². The van der Waals surface area contributed by atoms with Crippen LogP contribution < -0.4 is 0 Å². The van der Waals surface area contributed by atoms with Crippen LogP contribution in [0.15, 0.2) is 24.3 Å². The van der Waals surface area contributed by atoms with Crippen molar-refractivity contribution in [2.24, 2.45) is 0 Å². The van der Waals surface area contributed by atoms with Crippen LogP contribution in [0.4, 0.5) is 13.2 Å². The van der Waals surface area contributed by atoms with Gasteiger partial charge in [-0.05, 0) is 49.9 Å². The summed E-state index contributed by atoms with van der Waals surface area (Å²) in [6.07, 6.45) is -0.710. The highest BCUT2D eigenvalue weighted by Gasteiger charge is 2.43. The van der Waals surface area contributed by atoms with Gasteiger partial charge in [-0.2, -0.15) is 13.2 Å². The third-order valence-corrected chi connectivity index (χ3v) is 4.72. The molecule has 120 valence electrons. The number of hydrogen-bond donors (Lipinski definition) is 0. The van der Waals surface area contributed by atoms with Crippen molar-refractivity contribution < 1.29 is 22.7 Å². The Hall–Kier alpha value is -1.56. The van der Waals surface area contributed by atoms with Gasteiger partial charge in [0.25, 0.3) is 5.91 Å². The van der Waals surface area contributed by atoms with Crippen molar-refractivity contribution in [3.63, 3.8) is 0 Å². The lowest BCUT2D eigenvalue weighted by atomic mass is 9.98. The van der Waals surface area contributed by atoms with Crippen LogP contribution >= 0.6 is 0 Å². The molecule has 6 heteroatoms. The van der Waals surface area contributed by atoms with Crippen molar-refractivity contribution in [2.45, 2.75) is 50.0 Å². The SMILES string of the molecule is COC1CC2CCC(C1)N2C(=O)c1ccc(C(F)(F)F)cc1. The first-order valence-electron chi connectivity index (χ1n) is 7.43. The zero-order chi connectivity index (χ0) is 15.9. The number of amides is 1. The van der Waals surface area contributed by atoms with Gasteiger partial charge in [0.1, 0.15) is 0 Å². The van der Waals surface area contributed by atoms with Crippen LogP contribution in [0.25, 0.3) is 0 Å². The second-order valence-electron chi connectivity index (χ2n) is 6.00. The van der Waals surface area contributed by atoms with Gasteiger partial charge in [0.2, 0.25) is 0 Å². The molecule has 2 unspecified atom stereocenters. The van der Waals surface area contributed by atoms with Crippen molar-refractivity contribution in [2.75, 3.05) is 7.11 Å². The van der Waals surface area contributed by atoms with Crippen molar-refractivity contribution in [1.29, 1.82) is 0 Å². The molecule has 2 aliphatic rings. The standard InChI is InChI=1S/C16H18F3NO2/c1-22-14-8-12-6-7-13(9-14)20(12)15(21)10-2-4-11(5-3-10)16(17,18)19/h2-5,12-14H,6-9H2,1H3. The van der Waals surface area contributed by atoms with E-state index in [2.05, 4.69) is 0 Å². The normalized spacial score (nSPS) is 28.0. The van der Waals surface area contributed by atoms with Crippen LogP contribution in [0.5, 0.6) is 0 Å². The van der Waals surface area contributed by atoms with E-state index in [1.807, 2.05) is 4.90 Å². The molecule has 2 aliphatic heterocycles. The largest absolute Gasteiger partial charge is 0.416 e. The Bertz CT molecular complexity index is 542. The van der Waals surface area contributed by atoms with Gasteiger partial charge in [0, 0.05) is 24.8 Å². The second-order valence-corrected chi connectivity index (χ2v) is 6.00. The van der Waals surface area contributed by atoms with Crippen LogP contribution in [-0.4, -0.2) is 36.1 Å². The monoisotopic (exact) mass is 313 g/mol. The van der Waals surface area contributed by atoms with Crippen LogP contribution in [0.1, 0.15) is 41.6 Å². The van der Waals surface area contributed by atoms with E-state index in [-0.39, 0.29) is 24.1 Å². The maximum Gasteiger partial charge on any atom is 0.416 e. The summed E-state index contributed by atoms with van der Waals surface area (Å²) >= 11 is 0. The summed E-state index contributed by atoms with van der Waals surface area (Å²) in [4.78, 5) is 14.5. The van der Waals surface area contributed by atoms with Crippen LogP contribution in [0, 0.1) is 0 Å². The van der Waals surface area contributed by atoms with Gasteiger partial charge in [-0.25, -0.2) is 0 Å². The number of rotatable bonds is 2. The lowest BCUT2D eigenvalue weighted by Gasteiger charge is -2.38. The van der Waals surface area contributed by atoms with Gasteiger partial charge in [0.15, 0.2) is 0 Å². The number of fused-ring (bicyclic) bond motifs is 2. The van der Waals surface area contributed by atoms with E-state index in [1.54, 1.807) is 7.11 Å². The fourth-order valence-corrected chi connectivity index (χ4v) is 3.60. The predicted molar refractivity (Wildman–Crippen MR) is 74.5 cm³/mol. The van der Waals surface area contributed by atoms with Gasteiger partial charge in [-0.15, -0.1) is 0 Å². The van der Waals surface area contributed by atoms with Gasteiger partial charge in [-0.1, -0.05) is 0 Å². The zero-order valence-corrected chi connectivity index (χ0v) is 12.3. The molecule has 3 nitrogen and oxygen atoms in total. The maximum absolute atomic E-state index is 12.6. The Balaban J connectivity index is 1.77. The highest BCUT2D eigenvalue weighted by atomic mass is 19.4. The van der Waals surface area contributed by atoms with Crippen LogP contribution in [0.3, 0.4) is 0 Å². The van der Waals surface area contributed by atoms with E-state index in [0.717, 1.165) is 37.8 Å². The maximum atomic E-state index is 12.6. The summed E-state index contributed by atoms with van der Waals surface area (Å²) in [5, 5.41) is 0. The van der Waals surface area contributed by atoms with E-state index >= 15 is 0 Å². The highest BCUT2D eigenvalue weighted by Crippen LogP contribution is 2.38. The first kappa shape index (κ1) is 15.3. The molecular formula is C16H18F3NO2.